The van der Waals surface area contributed by atoms with E-state index in [1.165, 1.54) is 24.1 Å². The van der Waals surface area contributed by atoms with E-state index in [2.05, 4.69) is 10.00 Å². The number of anilines is 1. The summed E-state index contributed by atoms with van der Waals surface area (Å²) >= 11 is 0. The van der Waals surface area contributed by atoms with Gasteiger partial charge in [-0.3, -0.25) is 4.68 Å². The van der Waals surface area contributed by atoms with Gasteiger partial charge in [0.1, 0.15) is 23.9 Å². The second-order valence-corrected chi connectivity index (χ2v) is 7.44. The molecule has 2 fully saturated rings. The molecule has 0 bridgehead atoms. The summed E-state index contributed by atoms with van der Waals surface area (Å²) in [5.74, 6) is 3.27. The number of nitrogens with zero attached hydrogens (tertiary/aromatic N) is 5. The van der Waals surface area contributed by atoms with Crippen molar-refractivity contribution in [2.24, 2.45) is 7.05 Å². The maximum atomic E-state index is 10.5. The van der Waals surface area contributed by atoms with Crippen LogP contribution in [0.1, 0.15) is 42.3 Å². The number of hydrogen-bond acceptors (Lipinski definition) is 6. The van der Waals surface area contributed by atoms with Gasteiger partial charge in [0, 0.05) is 30.8 Å². The van der Waals surface area contributed by atoms with Gasteiger partial charge in [-0.1, -0.05) is 0 Å². The molecule has 7 heteroatoms. The fraction of sp³-hybridized carbons (Fsp3) is 0.611. The Morgan fingerprint density at radius 2 is 2.08 bits per heavy atom. The molecule has 3 aliphatic rings. The number of hydrogen-bond donors (Lipinski definition) is 1. The smallest absolute Gasteiger partial charge is 0.157 e. The van der Waals surface area contributed by atoms with E-state index in [-0.39, 0.29) is 6.10 Å². The summed E-state index contributed by atoms with van der Waals surface area (Å²) in [5, 5.41) is 14.6. The van der Waals surface area contributed by atoms with Gasteiger partial charge in [-0.15, -0.1) is 0 Å². The molecule has 1 N–H and O–H groups in total. The highest BCUT2D eigenvalue weighted by molar-refractivity contribution is 5.53. The summed E-state index contributed by atoms with van der Waals surface area (Å²) in [5.41, 5.74) is 2.50. The Morgan fingerprint density at radius 1 is 1.20 bits per heavy atom. The molecular weight excluding hydrogens is 318 g/mol. The fourth-order valence-electron chi connectivity index (χ4n) is 3.90. The molecule has 0 spiro atoms. The first kappa shape index (κ1) is 15.1. The third kappa shape index (κ3) is 2.76. The summed E-state index contributed by atoms with van der Waals surface area (Å²) in [6.07, 6.45) is 8.36. The van der Waals surface area contributed by atoms with Crippen molar-refractivity contribution in [2.45, 2.75) is 50.2 Å². The molecule has 3 heterocycles. The minimum absolute atomic E-state index is 0.263. The quantitative estimate of drug-likeness (QED) is 0.901. The normalized spacial score (nSPS) is 25.4. The van der Waals surface area contributed by atoms with E-state index in [4.69, 9.17) is 14.7 Å². The molecule has 5 rings (SSSR count). The standard InChI is InChI=1S/C18H23N5O2/c1-22-8-12(7-19-22)25-16-10-23(9-15(16)24)18-13-3-2-4-14(13)20-17(21-18)11-5-6-11/h7-8,11,15-16,24H,2-6,9-10H2,1H3/t15-,16-/m1/s1. The zero-order valence-corrected chi connectivity index (χ0v) is 14.4. The molecule has 1 aliphatic heterocycles. The Balaban J connectivity index is 1.40. The second kappa shape index (κ2) is 5.69. The van der Waals surface area contributed by atoms with E-state index in [0.29, 0.717) is 24.8 Å². The van der Waals surface area contributed by atoms with Gasteiger partial charge in [0.05, 0.1) is 18.9 Å². The number of aliphatic hydroxyl groups excluding tert-OH is 1. The van der Waals surface area contributed by atoms with Crippen LogP contribution >= 0.6 is 0 Å². The van der Waals surface area contributed by atoms with Crippen molar-refractivity contribution in [1.29, 1.82) is 0 Å². The van der Waals surface area contributed by atoms with E-state index < -0.39 is 6.10 Å². The first-order valence-electron chi connectivity index (χ1n) is 9.15. The Hall–Kier alpha value is -2.15. The number of rotatable bonds is 4. The van der Waals surface area contributed by atoms with E-state index >= 15 is 0 Å². The zero-order chi connectivity index (χ0) is 17.0. The number of aromatic nitrogens is 4. The molecule has 1 saturated carbocycles. The molecule has 7 nitrogen and oxygen atoms in total. The SMILES string of the molecule is Cn1cc(O[C@@H]2CN(c3nc(C4CC4)nc4c3CCC4)C[C@H]2O)cn1. The van der Waals surface area contributed by atoms with Crippen molar-refractivity contribution >= 4 is 5.82 Å². The Kier molecular flexibility index (Phi) is 3.45. The lowest BCUT2D eigenvalue weighted by Gasteiger charge is -2.21. The van der Waals surface area contributed by atoms with Crippen LogP contribution in [0.3, 0.4) is 0 Å². The minimum Gasteiger partial charge on any atom is -0.482 e. The third-order valence-corrected chi connectivity index (χ3v) is 5.38. The van der Waals surface area contributed by atoms with Gasteiger partial charge in [-0.05, 0) is 32.1 Å². The highest BCUT2D eigenvalue weighted by atomic mass is 16.5. The molecule has 0 amide bonds. The molecule has 0 radical (unpaired) electrons. The average molecular weight is 341 g/mol. The van der Waals surface area contributed by atoms with Crippen molar-refractivity contribution in [3.05, 3.63) is 29.5 Å². The Bertz CT molecular complexity index is 801. The van der Waals surface area contributed by atoms with Gasteiger partial charge in [0.2, 0.25) is 0 Å². The van der Waals surface area contributed by atoms with Crippen molar-refractivity contribution in [2.75, 3.05) is 18.0 Å². The Labute approximate surface area is 146 Å². The van der Waals surface area contributed by atoms with Crippen molar-refractivity contribution in [3.63, 3.8) is 0 Å². The largest absolute Gasteiger partial charge is 0.482 e. The molecule has 1 saturated heterocycles. The van der Waals surface area contributed by atoms with Gasteiger partial charge >= 0.3 is 0 Å². The van der Waals surface area contributed by atoms with E-state index in [0.717, 1.165) is 30.9 Å². The number of ether oxygens (including phenoxy) is 1. The second-order valence-electron chi connectivity index (χ2n) is 7.44. The third-order valence-electron chi connectivity index (χ3n) is 5.38. The van der Waals surface area contributed by atoms with Crippen LogP contribution in [0.25, 0.3) is 0 Å². The lowest BCUT2D eigenvalue weighted by molar-refractivity contribution is 0.0737. The van der Waals surface area contributed by atoms with Crippen molar-refractivity contribution in [1.82, 2.24) is 19.7 Å². The van der Waals surface area contributed by atoms with Gasteiger partial charge < -0.3 is 14.7 Å². The molecule has 0 aromatic carbocycles. The molecule has 2 aliphatic carbocycles. The fourth-order valence-corrected chi connectivity index (χ4v) is 3.90. The van der Waals surface area contributed by atoms with Gasteiger partial charge in [0.15, 0.2) is 5.75 Å². The van der Waals surface area contributed by atoms with Crippen LogP contribution in [0.5, 0.6) is 5.75 Å². The predicted octanol–water partition coefficient (Wildman–Crippen LogP) is 1.20. The van der Waals surface area contributed by atoms with Crippen LogP contribution in [0.2, 0.25) is 0 Å². The number of aliphatic hydroxyl groups is 1. The van der Waals surface area contributed by atoms with Gasteiger partial charge in [-0.25, -0.2) is 9.97 Å². The van der Waals surface area contributed by atoms with Crippen LogP contribution < -0.4 is 9.64 Å². The van der Waals surface area contributed by atoms with Crippen LogP contribution in [0, 0.1) is 0 Å². The summed E-state index contributed by atoms with van der Waals surface area (Å²) in [6.45, 7) is 1.20. The molecule has 25 heavy (non-hydrogen) atoms. The first-order valence-corrected chi connectivity index (χ1v) is 9.15. The maximum Gasteiger partial charge on any atom is 0.157 e. The minimum atomic E-state index is -0.531. The van der Waals surface area contributed by atoms with Crippen LogP contribution in [0.15, 0.2) is 12.4 Å². The van der Waals surface area contributed by atoms with Gasteiger partial charge in [0.25, 0.3) is 0 Å². The van der Waals surface area contributed by atoms with Crippen LogP contribution in [-0.2, 0) is 19.9 Å². The number of β-amino-alcohol motifs (C(OH)–C–C–N with tert-alkyl or cyclic N) is 1. The molecule has 2 aromatic heterocycles. The first-order chi connectivity index (χ1) is 12.2. The summed E-state index contributed by atoms with van der Waals surface area (Å²) in [7, 11) is 1.85. The summed E-state index contributed by atoms with van der Waals surface area (Å²) in [6, 6.07) is 0. The van der Waals surface area contributed by atoms with Crippen LogP contribution in [0.4, 0.5) is 5.82 Å². The van der Waals surface area contributed by atoms with Crippen molar-refractivity contribution in [3.8, 4) is 5.75 Å². The Morgan fingerprint density at radius 3 is 2.84 bits per heavy atom. The molecular formula is C18H23N5O2. The highest BCUT2D eigenvalue weighted by Crippen LogP contribution is 2.41. The lowest BCUT2D eigenvalue weighted by atomic mass is 10.2. The van der Waals surface area contributed by atoms with Crippen molar-refractivity contribution < 1.29 is 9.84 Å². The number of aryl methyl sites for hydroxylation is 2. The predicted molar refractivity (Wildman–Crippen MR) is 91.9 cm³/mol. The lowest BCUT2D eigenvalue weighted by Crippen LogP contribution is -2.30. The monoisotopic (exact) mass is 341 g/mol. The molecule has 132 valence electrons. The van der Waals surface area contributed by atoms with E-state index in [1.807, 2.05) is 13.2 Å². The highest BCUT2D eigenvalue weighted by Gasteiger charge is 2.37. The summed E-state index contributed by atoms with van der Waals surface area (Å²) in [4.78, 5) is 11.9. The summed E-state index contributed by atoms with van der Waals surface area (Å²) < 4.78 is 7.65. The zero-order valence-electron chi connectivity index (χ0n) is 14.4. The topological polar surface area (TPSA) is 76.3 Å². The number of fused-ring (bicyclic) bond motifs is 1. The molecule has 2 atom stereocenters. The molecule has 2 aromatic rings. The average Bonchev–Trinajstić information content (AvgIpc) is 3.02. The van der Waals surface area contributed by atoms with E-state index in [9.17, 15) is 5.11 Å². The maximum absolute atomic E-state index is 10.5. The molecule has 0 unspecified atom stereocenters. The van der Waals surface area contributed by atoms with Gasteiger partial charge in [-0.2, -0.15) is 5.10 Å². The van der Waals surface area contributed by atoms with Crippen LogP contribution in [-0.4, -0.2) is 50.2 Å². The van der Waals surface area contributed by atoms with E-state index in [1.54, 1.807) is 10.9 Å².